The summed E-state index contributed by atoms with van der Waals surface area (Å²) in [5, 5.41) is 2.99. The van der Waals surface area contributed by atoms with Gasteiger partial charge in [-0.1, -0.05) is 0 Å². The van der Waals surface area contributed by atoms with E-state index in [4.69, 9.17) is 9.47 Å². The van der Waals surface area contributed by atoms with Gasteiger partial charge in [-0.2, -0.15) is 0 Å². The van der Waals surface area contributed by atoms with E-state index in [1.54, 1.807) is 43.5 Å². The number of carbonyl (C=O) groups excluding carboxylic acids is 2. The number of likely N-dealkylation sites (tertiary alicyclic amines) is 1. The third-order valence-corrected chi connectivity index (χ3v) is 6.59. The highest BCUT2D eigenvalue weighted by Crippen LogP contribution is 2.26. The van der Waals surface area contributed by atoms with Crippen molar-refractivity contribution in [2.24, 2.45) is 5.92 Å². The lowest BCUT2D eigenvalue weighted by atomic mass is 9.95. The van der Waals surface area contributed by atoms with E-state index in [9.17, 15) is 9.59 Å². The number of likely N-dealkylation sites (N-methyl/N-ethyl adjacent to an activating group) is 1. The molecule has 34 heavy (non-hydrogen) atoms. The summed E-state index contributed by atoms with van der Waals surface area (Å²) in [4.78, 5) is 36.7. The number of pyridine rings is 1. The maximum absolute atomic E-state index is 13.0. The van der Waals surface area contributed by atoms with Crippen LogP contribution in [0.4, 0.5) is 11.5 Å². The lowest BCUT2D eigenvalue weighted by Gasteiger charge is -2.33. The summed E-state index contributed by atoms with van der Waals surface area (Å²) < 4.78 is 10.5. The second-order valence-electron chi connectivity index (χ2n) is 8.85. The number of ether oxygens (including phenoxy) is 2. The first-order valence-corrected chi connectivity index (χ1v) is 11.7. The molecule has 2 aromatic rings. The number of aromatic nitrogens is 1. The topological polar surface area (TPSA) is 87.2 Å². The van der Waals surface area contributed by atoms with Crippen molar-refractivity contribution in [3.05, 3.63) is 42.1 Å². The minimum atomic E-state index is -0.138. The van der Waals surface area contributed by atoms with Gasteiger partial charge in [0.1, 0.15) is 17.3 Å². The number of piperazine rings is 1. The molecule has 2 amide bonds. The second-order valence-corrected chi connectivity index (χ2v) is 8.85. The zero-order chi connectivity index (χ0) is 24.1. The molecule has 182 valence electrons. The fourth-order valence-corrected chi connectivity index (χ4v) is 4.39. The van der Waals surface area contributed by atoms with Crippen LogP contribution in [0.15, 0.2) is 36.5 Å². The molecule has 3 heterocycles. The molecule has 0 spiro atoms. The summed E-state index contributed by atoms with van der Waals surface area (Å²) in [6.45, 7) is 5.00. The molecule has 2 saturated heterocycles. The van der Waals surface area contributed by atoms with Crippen LogP contribution in [0.2, 0.25) is 0 Å². The molecule has 2 aliphatic heterocycles. The van der Waals surface area contributed by atoms with Crippen LogP contribution in [0.25, 0.3) is 0 Å². The highest BCUT2D eigenvalue weighted by molar-refractivity contribution is 5.96. The number of nitrogens with zero attached hydrogens (tertiary/aromatic N) is 4. The van der Waals surface area contributed by atoms with Crippen LogP contribution >= 0.6 is 0 Å². The van der Waals surface area contributed by atoms with Gasteiger partial charge < -0.3 is 29.5 Å². The van der Waals surface area contributed by atoms with Gasteiger partial charge in [0.05, 0.1) is 26.1 Å². The summed E-state index contributed by atoms with van der Waals surface area (Å²) in [5.74, 6) is 1.84. The van der Waals surface area contributed by atoms with E-state index in [2.05, 4.69) is 27.1 Å². The molecule has 0 unspecified atom stereocenters. The van der Waals surface area contributed by atoms with E-state index < -0.39 is 0 Å². The van der Waals surface area contributed by atoms with E-state index in [0.717, 1.165) is 32.0 Å². The van der Waals surface area contributed by atoms with Crippen molar-refractivity contribution in [1.82, 2.24) is 14.8 Å². The number of nitrogens with one attached hydrogen (secondary N) is 1. The molecule has 2 aliphatic rings. The average Bonchev–Trinajstić information content (AvgIpc) is 2.89. The first kappa shape index (κ1) is 23.8. The lowest BCUT2D eigenvalue weighted by Crippen LogP contribution is -2.44. The molecule has 9 heteroatoms. The van der Waals surface area contributed by atoms with Crippen LogP contribution < -0.4 is 19.7 Å². The third-order valence-electron chi connectivity index (χ3n) is 6.59. The number of methoxy groups -OCH3 is 2. The number of benzene rings is 1. The van der Waals surface area contributed by atoms with Crippen LogP contribution in [0, 0.1) is 5.92 Å². The van der Waals surface area contributed by atoms with Crippen molar-refractivity contribution in [2.75, 3.05) is 70.8 Å². The van der Waals surface area contributed by atoms with E-state index in [1.165, 1.54) is 0 Å². The first-order valence-electron chi connectivity index (χ1n) is 11.7. The van der Waals surface area contributed by atoms with Gasteiger partial charge >= 0.3 is 0 Å². The fraction of sp³-hybridized carbons (Fsp3) is 0.480. The number of rotatable bonds is 6. The first-order chi connectivity index (χ1) is 16.5. The predicted molar refractivity (Wildman–Crippen MR) is 131 cm³/mol. The minimum absolute atomic E-state index is 0.0238. The largest absolute Gasteiger partial charge is 0.497 e. The van der Waals surface area contributed by atoms with Crippen LogP contribution in [0.3, 0.4) is 0 Å². The number of amides is 2. The number of piperidine rings is 1. The Bertz CT molecular complexity index is 975. The number of carbonyl (C=O) groups is 2. The molecule has 1 aromatic heterocycles. The van der Waals surface area contributed by atoms with Gasteiger partial charge in [0, 0.05) is 56.8 Å². The normalized spacial score (nSPS) is 17.4. The van der Waals surface area contributed by atoms with E-state index in [-0.39, 0.29) is 17.7 Å². The quantitative estimate of drug-likeness (QED) is 0.698. The van der Waals surface area contributed by atoms with E-state index in [1.807, 2.05) is 12.1 Å². The van der Waals surface area contributed by atoms with Crippen molar-refractivity contribution in [3.63, 3.8) is 0 Å². The van der Waals surface area contributed by atoms with Crippen LogP contribution in [-0.4, -0.2) is 87.1 Å². The molecular weight excluding hydrogens is 434 g/mol. The summed E-state index contributed by atoms with van der Waals surface area (Å²) >= 11 is 0. The van der Waals surface area contributed by atoms with Crippen molar-refractivity contribution >= 4 is 23.3 Å². The van der Waals surface area contributed by atoms with Crippen molar-refractivity contribution in [2.45, 2.75) is 12.8 Å². The average molecular weight is 468 g/mol. The Hall–Kier alpha value is -3.33. The van der Waals surface area contributed by atoms with Crippen LogP contribution in [-0.2, 0) is 4.79 Å². The summed E-state index contributed by atoms with van der Waals surface area (Å²) in [6.07, 6.45) is 2.96. The number of anilines is 2. The standard InChI is InChI=1S/C25H33N5O4/c1-28-10-12-29(13-11-28)23-5-4-20(17-26-23)27-24(31)18-6-8-30(9-7-18)25(32)19-14-21(33-2)16-22(15-19)34-3/h4-5,14-18H,6-13H2,1-3H3,(H,27,31). The van der Waals surface area contributed by atoms with Crippen molar-refractivity contribution in [1.29, 1.82) is 0 Å². The lowest BCUT2D eigenvalue weighted by molar-refractivity contribution is -0.121. The molecule has 1 aromatic carbocycles. The van der Waals surface area contributed by atoms with Gasteiger partial charge in [-0.15, -0.1) is 0 Å². The number of hydrogen-bond donors (Lipinski definition) is 1. The molecule has 9 nitrogen and oxygen atoms in total. The van der Waals surface area contributed by atoms with E-state index in [0.29, 0.717) is 48.7 Å². The highest BCUT2D eigenvalue weighted by Gasteiger charge is 2.28. The van der Waals surface area contributed by atoms with Crippen molar-refractivity contribution < 1.29 is 19.1 Å². The predicted octanol–water partition coefficient (Wildman–Crippen LogP) is 2.34. The molecule has 0 saturated carbocycles. The molecule has 0 aliphatic carbocycles. The minimum Gasteiger partial charge on any atom is -0.497 e. The summed E-state index contributed by atoms with van der Waals surface area (Å²) in [7, 11) is 5.24. The molecule has 2 fully saturated rings. The Morgan fingerprint density at radius 2 is 1.59 bits per heavy atom. The molecule has 0 bridgehead atoms. The van der Waals surface area contributed by atoms with Crippen LogP contribution in [0.5, 0.6) is 11.5 Å². The zero-order valence-electron chi connectivity index (χ0n) is 20.1. The van der Waals surface area contributed by atoms with Crippen LogP contribution in [0.1, 0.15) is 23.2 Å². The molecule has 1 N–H and O–H groups in total. The smallest absolute Gasteiger partial charge is 0.254 e. The Balaban J connectivity index is 1.29. The monoisotopic (exact) mass is 467 g/mol. The highest BCUT2D eigenvalue weighted by atomic mass is 16.5. The molecule has 0 atom stereocenters. The van der Waals surface area contributed by atoms with Gasteiger partial charge in [0.2, 0.25) is 5.91 Å². The Morgan fingerprint density at radius 3 is 2.15 bits per heavy atom. The summed E-state index contributed by atoms with van der Waals surface area (Å²) in [6, 6.07) is 9.03. The van der Waals surface area contributed by atoms with Gasteiger partial charge in [-0.05, 0) is 44.2 Å². The summed E-state index contributed by atoms with van der Waals surface area (Å²) in [5.41, 5.74) is 1.22. The van der Waals surface area contributed by atoms with Gasteiger partial charge in [-0.3, -0.25) is 9.59 Å². The Kier molecular flexibility index (Phi) is 7.52. The second kappa shape index (κ2) is 10.7. The Morgan fingerprint density at radius 1 is 0.941 bits per heavy atom. The molecule has 4 rings (SSSR count). The maximum Gasteiger partial charge on any atom is 0.254 e. The van der Waals surface area contributed by atoms with Gasteiger partial charge in [0.25, 0.3) is 5.91 Å². The van der Waals surface area contributed by atoms with Gasteiger partial charge in [-0.25, -0.2) is 4.98 Å². The maximum atomic E-state index is 13.0. The Labute approximate surface area is 200 Å². The van der Waals surface area contributed by atoms with E-state index >= 15 is 0 Å². The molecular formula is C25H33N5O4. The fourth-order valence-electron chi connectivity index (χ4n) is 4.39. The van der Waals surface area contributed by atoms with Crippen molar-refractivity contribution in [3.8, 4) is 11.5 Å². The third kappa shape index (κ3) is 5.59. The zero-order valence-corrected chi connectivity index (χ0v) is 20.1. The molecule has 0 radical (unpaired) electrons. The number of hydrogen-bond acceptors (Lipinski definition) is 7. The van der Waals surface area contributed by atoms with Gasteiger partial charge in [0.15, 0.2) is 0 Å². The SMILES string of the molecule is COc1cc(OC)cc(C(=O)N2CCC(C(=O)Nc3ccc(N4CCN(C)CC4)nc3)CC2)c1.